The lowest BCUT2D eigenvalue weighted by atomic mass is 10.1. The van der Waals surface area contributed by atoms with Crippen LogP contribution in [0.2, 0.25) is 0 Å². The van der Waals surface area contributed by atoms with E-state index in [0.717, 1.165) is 35.1 Å². The molecule has 0 unspecified atom stereocenters. The van der Waals surface area contributed by atoms with Gasteiger partial charge in [0, 0.05) is 5.69 Å². The van der Waals surface area contributed by atoms with E-state index in [-0.39, 0.29) is 5.56 Å². The Labute approximate surface area is 113 Å². The van der Waals surface area contributed by atoms with E-state index in [9.17, 15) is 4.79 Å². The van der Waals surface area contributed by atoms with E-state index in [1.165, 1.54) is 12.8 Å². The summed E-state index contributed by atoms with van der Waals surface area (Å²) >= 11 is 0. The molecule has 0 fully saturated rings. The minimum Gasteiger partial charge on any atom is -0.267 e. The summed E-state index contributed by atoms with van der Waals surface area (Å²) in [6, 6.07) is 2.30. The molecule has 0 amide bonds. The molecule has 4 nitrogen and oxygen atoms in total. The third-order valence-corrected chi connectivity index (χ3v) is 3.73. The Hall–Kier alpha value is -1.58. The number of aromatic nitrogens is 3. The van der Waals surface area contributed by atoms with Crippen molar-refractivity contribution in [3.05, 3.63) is 27.7 Å². The van der Waals surface area contributed by atoms with Gasteiger partial charge in [-0.15, -0.1) is 0 Å². The maximum Gasteiger partial charge on any atom is 0.273 e. The van der Waals surface area contributed by atoms with Gasteiger partial charge in [-0.25, -0.2) is 4.98 Å². The quantitative estimate of drug-likeness (QED) is 0.895. The summed E-state index contributed by atoms with van der Waals surface area (Å²) in [5, 5.41) is 3.72. The molecule has 0 aliphatic heterocycles. The van der Waals surface area contributed by atoms with Gasteiger partial charge in [-0.05, 0) is 38.3 Å². The van der Waals surface area contributed by atoms with Crippen molar-refractivity contribution in [3.8, 4) is 0 Å². The predicted molar refractivity (Wildman–Crippen MR) is 78.7 cm³/mol. The van der Waals surface area contributed by atoms with Crippen molar-refractivity contribution >= 4 is 11.0 Å². The maximum atomic E-state index is 12.1. The lowest BCUT2D eigenvalue weighted by molar-refractivity contribution is 0.407. The van der Waals surface area contributed by atoms with Crippen LogP contribution < -0.4 is 5.56 Å². The van der Waals surface area contributed by atoms with Crippen LogP contribution in [0, 0.1) is 13.8 Å². The molecule has 0 saturated carbocycles. The fourth-order valence-electron chi connectivity index (χ4n) is 2.71. The molecule has 0 spiro atoms. The lowest BCUT2D eigenvalue weighted by Gasteiger charge is -2.16. The van der Waals surface area contributed by atoms with Gasteiger partial charge in [0.15, 0.2) is 5.65 Å². The van der Waals surface area contributed by atoms with Gasteiger partial charge in [-0.3, -0.25) is 14.6 Å². The van der Waals surface area contributed by atoms with Gasteiger partial charge in [0.1, 0.15) is 0 Å². The Morgan fingerprint density at radius 2 is 2.11 bits per heavy atom. The number of hydrogen-bond acceptors (Lipinski definition) is 2. The maximum absolute atomic E-state index is 12.1. The number of H-pyrrole nitrogens is 1. The van der Waals surface area contributed by atoms with Gasteiger partial charge in [-0.1, -0.05) is 26.7 Å². The Morgan fingerprint density at radius 1 is 1.37 bits per heavy atom. The number of pyridine rings is 1. The van der Waals surface area contributed by atoms with Gasteiger partial charge in [0.25, 0.3) is 5.56 Å². The molecule has 0 aromatic carbocycles. The number of nitrogens with zero attached hydrogens (tertiary/aromatic N) is 2. The summed E-state index contributed by atoms with van der Waals surface area (Å²) in [6.45, 7) is 8.30. The van der Waals surface area contributed by atoms with Crippen molar-refractivity contribution in [3.63, 3.8) is 0 Å². The zero-order chi connectivity index (χ0) is 14.0. The number of rotatable bonds is 5. The van der Waals surface area contributed by atoms with Crippen molar-refractivity contribution in [2.45, 2.75) is 59.4 Å². The highest BCUT2D eigenvalue weighted by Crippen LogP contribution is 2.23. The Balaban J connectivity index is 2.57. The molecule has 19 heavy (non-hydrogen) atoms. The monoisotopic (exact) mass is 261 g/mol. The summed E-state index contributed by atoms with van der Waals surface area (Å²) in [6.07, 6.45) is 4.44. The molecule has 1 atom stereocenters. The summed E-state index contributed by atoms with van der Waals surface area (Å²) in [5.74, 6) is 0. The van der Waals surface area contributed by atoms with Crippen LogP contribution in [0.15, 0.2) is 10.9 Å². The van der Waals surface area contributed by atoms with Gasteiger partial charge in [0.05, 0.1) is 11.4 Å². The molecule has 2 aromatic rings. The van der Waals surface area contributed by atoms with Crippen molar-refractivity contribution in [1.82, 2.24) is 14.8 Å². The van der Waals surface area contributed by atoms with Crippen LogP contribution in [-0.2, 0) is 0 Å². The first-order chi connectivity index (χ1) is 9.08. The van der Waals surface area contributed by atoms with Crippen molar-refractivity contribution < 1.29 is 0 Å². The first-order valence-electron chi connectivity index (χ1n) is 7.16. The molecule has 1 N–H and O–H groups in total. The average Bonchev–Trinajstić information content (AvgIpc) is 2.68. The first kappa shape index (κ1) is 13.8. The van der Waals surface area contributed by atoms with E-state index >= 15 is 0 Å². The number of aryl methyl sites for hydroxylation is 2. The van der Waals surface area contributed by atoms with Crippen molar-refractivity contribution in [2.24, 2.45) is 0 Å². The smallest absolute Gasteiger partial charge is 0.267 e. The van der Waals surface area contributed by atoms with Gasteiger partial charge >= 0.3 is 0 Å². The second-order valence-electron chi connectivity index (χ2n) is 5.29. The van der Waals surface area contributed by atoms with E-state index in [1.807, 2.05) is 24.6 Å². The van der Waals surface area contributed by atoms with Crippen LogP contribution in [0.25, 0.3) is 11.0 Å². The van der Waals surface area contributed by atoms with E-state index in [2.05, 4.69) is 23.9 Å². The normalized spacial score (nSPS) is 13.1. The highest BCUT2D eigenvalue weighted by molar-refractivity contribution is 5.78. The van der Waals surface area contributed by atoms with Crippen LogP contribution in [0.4, 0.5) is 0 Å². The standard InChI is InChI=1S/C15H23N3O/c1-5-7-8-12(6-2)18-14-13(15(19)17-18)10(3)9-11(4)16-14/h9,12H,5-8H2,1-4H3,(H,17,19)/t12-/m1/s1. The zero-order valence-corrected chi connectivity index (χ0v) is 12.3. The molecule has 0 bridgehead atoms. The van der Waals surface area contributed by atoms with E-state index in [0.29, 0.717) is 6.04 Å². The fraction of sp³-hybridized carbons (Fsp3) is 0.600. The van der Waals surface area contributed by atoms with Crippen LogP contribution >= 0.6 is 0 Å². The third kappa shape index (κ3) is 2.57. The second kappa shape index (κ2) is 5.59. The molecule has 2 rings (SSSR count). The van der Waals surface area contributed by atoms with Crippen molar-refractivity contribution in [2.75, 3.05) is 0 Å². The fourth-order valence-corrected chi connectivity index (χ4v) is 2.71. The average molecular weight is 261 g/mol. The molecular formula is C15H23N3O. The number of nitrogens with one attached hydrogen (secondary N) is 1. The highest BCUT2D eigenvalue weighted by Gasteiger charge is 2.16. The van der Waals surface area contributed by atoms with Crippen LogP contribution in [0.1, 0.15) is 56.8 Å². The number of aromatic amines is 1. The minimum absolute atomic E-state index is 0.0186. The zero-order valence-electron chi connectivity index (χ0n) is 12.3. The number of hydrogen-bond donors (Lipinski definition) is 1. The summed E-state index contributed by atoms with van der Waals surface area (Å²) in [5.41, 5.74) is 2.76. The molecule has 0 saturated heterocycles. The Morgan fingerprint density at radius 3 is 2.74 bits per heavy atom. The lowest BCUT2D eigenvalue weighted by Crippen LogP contribution is -2.13. The Kier molecular flexibility index (Phi) is 4.08. The summed E-state index contributed by atoms with van der Waals surface area (Å²) in [4.78, 5) is 16.7. The molecule has 2 aromatic heterocycles. The summed E-state index contributed by atoms with van der Waals surface area (Å²) in [7, 11) is 0. The molecule has 2 heterocycles. The number of unbranched alkanes of at least 4 members (excludes halogenated alkanes) is 1. The van der Waals surface area contributed by atoms with Crippen LogP contribution in [0.5, 0.6) is 0 Å². The summed E-state index contributed by atoms with van der Waals surface area (Å²) < 4.78 is 1.98. The second-order valence-corrected chi connectivity index (χ2v) is 5.29. The number of fused-ring (bicyclic) bond motifs is 1. The van der Waals surface area contributed by atoms with Crippen molar-refractivity contribution in [1.29, 1.82) is 0 Å². The SMILES string of the molecule is CCCC[C@@H](CC)n1[nH]c(=O)c2c(C)cc(C)nc21. The molecular weight excluding hydrogens is 238 g/mol. The van der Waals surface area contributed by atoms with Crippen LogP contribution in [-0.4, -0.2) is 14.8 Å². The van der Waals surface area contributed by atoms with E-state index in [1.54, 1.807) is 0 Å². The molecule has 0 radical (unpaired) electrons. The minimum atomic E-state index is -0.0186. The topological polar surface area (TPSA) is 50.7 Å². The molecule has 104 valence electrons. The third-order valence-electron chi connectivity index (χ3n) is 3.73. The molecule has 4 heteroatoms. The van der Waals surface area contributed by atoms with Gasteiger partial charge in [0.2, 0.25) is 0 Å². The highest BCUT2D eigenvalue weighted by atomic mass is 16.1. The molecule has 0 aliphatic carbocycles. The largest absolute Gasteiger partial charge is 0.273 e. The molecule has 0 aliphatic rings. The van der Waals surface area contributed by atoms with E-state index in [4.69, 9.17) is 0 Å². The first-order valence-corrected chi connectivity index (χ1v) is 7.16. The van der Waals surface area contributed by atoms with Gasteiger partial charge in [-0.2, -0.15) is 0 Å². The predicted octanol–water partition coefficient (Wildman–Crippen LogP) is 3.48. The van der Waals surface area contributed by atoms with Gasteiger partial charge < -0.3 is 0 Å². The Bertz CT molecular complexity index is 624. The van der Waals surface area contributed by atoms with E-state index < -0.39 is 0 Å². The van der Waals surface area contributed by atoms with Crippen LogP contribution in [0.3, 0.4) is 0 Å².